The van der Waals surface area contributed by atoms with Gasteiger partial charge in [-0.3, -0.25) is 4.79 Å². The lowest BCUT2D eigenvalue weighted by Crippen LogP contribution is -1.93. The second-order valence-corrected chi connectivity index (χ2v) is 3.01. The molecule has 0 N–H and O–H groups in total. The summed E-state index contributed by atoms with van der Waals surface area (Å²) in [6.45, 7) is 8.42. The third-order valence-electron chi connectivity index (χ3n) is 1.55. The largest absolute Gasteiger partial charge is 0.498 e. The summed E-state index contributed by atoms with van der Waals surface area (Å²) in [7, 11) is 0. The summed E-state index contributed by atoms with van der Waals surface area (Å²) >= 11 is 0. The predicted octanol–water partition coefficient (Wildman–Crippen LogP) is 2.44. The molecule has 3 nitrogen and oxygen atoms in total. The highest BCUT2D eigenvalue weighted by atomic mass is 16.5. The van der Waals surface area contributed by atoms with Gasteiger partial charge in [-0.1, -0.05) is 5.92 Å². The van der Waals surface area contributed by atoms with Crippen LogP contribution in [0.15, 0.2) is 23.7 Å². The lowest BCUT2D eigenvalue weighted by molar-refractivity contribution is -0.109. The van der Waals surface area contributed by atoms with Gasteiger partial charge in [-0.25, -0.2) is 0 Å². The Hall–Kier alpha value is -1.69. The maximum absolute atomic E-state index is 11.3. The lowest BCUT2D eigenvalue weighted by atomic mass is 10.3. The van der Waals surface area contributed by atoms with Gasteiger partial charge in [-0.15, -0.1) is 0 Å². The molecule has 0 heterocycles. The van der Waals surface area contributed by atoms with Gasteiger partial charge >= 0.3 is 0 Å². The fourth-order valence-electron chi connectivity index (χ4n) is 0.968. The Morgan fingerprint density at radius 2 is 1.69 bits per heavy atom. The molecular formula is C13H18O3. The van der Waals surface area contributed by atoms with E-state index in [0.717, 1.165) is 0 Å². The van der Waals surface area contributed by atoms with E-state index in [1.165, 1.54) is 6.08 Å². The molecule has 0 spiro atoms. The normalized spacial score (nSPS) is 11.5. The quantitative estimate of drug-likeness (QED) is 0.310. The number of allylic oxidation sites excluding steroid dienone is 4. The lowest BCUT2D eigenvalue weighted by Gasteiger charge is -1.99. The molecule has 0 bridgehead atoms. The molecule has 0 aromatic carbocycles. The van der Waals surface area contributed by atoms with Crippen molar-refractivity contribution in [2.75, 3.05) is 13.2 Å². The van der Waals surface area contributed by atoms with Crippen molar-refractivity contribution in [3.05, 3.63) is 23.7 Å². The monoisotopic (exact) mass is 222 g/mol. The highest BCUT2D eigenvalue weighted by Gasteiger charge is 1.93. The minimum Gasteiger partial charge on any atom is -0.498 e. The molecule has 0 fully saturated rings. The van der Waals surface area contributed by atoms with E-state index >= 15 is 0 Å². The van der Waals surface area contributed by atoms with E-state index in [2.05, 4.69) is 11.8 Å². The number of rotatable bonds is 5. The summed E-state index contributed by atoms with van der Waals surface area (Å²) in [4.78, 5) is 11.3. The van der Waals surface area contributed by atoms with Crippen LogP contribution in [0, 0.1) is 11.8 Å². The first kappa shape index (κ1) is 14.3. The molecule has 0 amide bonds. The van der Waals surface area contributed by atoms with E-state index in [0.29, 0.717) is 24.7 Å². The van der Waals surface area contributed by atoms with Gasteiger partial charge in [0, 0.05) is 12.2 Å². The van der Waals surface area contributed by atoms with Crippen LogP contribution in [0.25, 0.3) is 0 Å². The van der Waals surface area contributed by atoms with Gasteiger partial charge in [0.2, 0.25) is 5.78 Å². The SMILES string of the molecule is CCO/C(C)=C\C#CC(=O)/C=C(/C)OCC. The minimum absolute atomic E-state index is 0.272. The second-order valence-electron chi connectivity index (χ2n) is 3.01. The van der Waals surface area contributed by atoms with Gasteiger partial charge in [-0.05, 0) is 33.6 Å². The van der Waals surface area contributed by atoms with Gasteiger partial charge in [0.25, 0.3) is 0 Å². The van der Waals surface area contributed by atoms with Crippen molar-refractivity contribution in [1.29, 1.82) is 0 Å². The number of carbonyl (C=O) groups excluding carboxylic acids is 1. The standard InChI is InChI=1S/C13H18O3/c1-5-15-11(3)8-7-9-13(14)10-12(4)16-6-2/h8,10H,5-6H2,1-4H3/b11-8-,12-10-. The van der Waals surface area contributed by atoms with Gasteiger partial charge in [0.05, 0.1) is 19.0 Å². The molecule has 0 radical (unpaired) electrons. The molecule has 0 rings (SSSR count). The van der Waals surface area contributed by atoms with Crippen molar-refractivity contribution in [3.8, 4) is 11.8 Å². The molecule has 0 saturated carbocycles. The highest BCUT2D eigenvalue weighted by molar-refractivity contribution is 6.04. The zero-order valence-electron chi connectivity index (χ0n) is 10.3. The van der Waals surface area contributed by atoms with Crippen molar-refractivity contribution in [2.24, 2.45) is 0 Å². The van der Waals surface area contributed by atoms with Gasteiger partial charge in [0.15, 0.2) is 0 Å². The molecule has 0 aliphatic heterocycles. The summed E-state index contributed by atoms with van der Waals surface area (Å²) in [5.74, 6) is 6.10. The van der Waals surface area contributed by atoms with E-state index in [1.54, 1.807) is 19.9 Å². The van der Waals surface area contributed by atoms with E-state index in [4.69, 9.17) is 9.47 Å². The van der Waals surface area contributed by atoms with Crippen LogP contribution in [-0.2, 0) is 14.3 Å². The smallest absolute Gasteiger partial charge is 0.232 e. The molecular weight excluding hydrogens is 204 g/mol. The fourth-order valence-corrected chi connectivity index (χ4v) is 0.968. The summed E-state index contributed by atoms with van der Waals surface area (Å²) in [6, 6.07) is 0. The van der Waals surface area contributed by atoms with Crippen molar-refractivity contribution in [1.82, 2.24) is 0 Å². The van der Waals surface area contributed by atoms with Crippen LogP contribution in [-0.4, -0.2) is 19.0 Å². The van der Waals surface area contributed by atoms with Gasteiger partial charge in [-0.2, -0.15) is 0 Å². The van der Waals surface area contributed by atoms with E-state index < -0.39 is 0 Å². The third kappa shape index (κ3) is 7.69. The molecule has 0 unspecified atom stereocenters. The summed E-state index contributed by atoms with van der Waals surface area (Å²) in [5, 5.41) is 0. The molecule has 0 aromatic heterocycles. The van der Waals surface area contributed by atoms with Crippen molar-refractivity contribution in [3.63, 3.8) is 0 Å². The number of ether oxygens (including phenoxy) is 2. The van der Waals surface area contributed by atoms with Crippen LogP contribution >= 0.6 is 0 Å². The second kappa shape index (κ2) is 8.60. The highest BCUT2D eigenvalue weighted by Crippen LogP contribution is 1.95. The summed E-state index contributed by atoms with van der Waals surface area (Å²) in [5.41, 5.74) is 0. The zero-order chi connectivity index (χ0) is 12.4. The van der Waals surface area contributed by atoms with Crippen LogP contribution in [0.1, 0.15) is 27.7 Å². The Balaban J connectivity index is 4.30. The maximum atomic E-state index is 11.3. The first-order chi connectivity index (χ1) is 7.60. The molecule has 0 aliphatic carbocycles. The molecule has 0 atom stereocenters. The van der Waals surface area contributed by atoms with Crippen LogP contribution in [0.4, 0.5) is 0 Å². The van der Waals surface area contributed by atoms with Gasteiger partial charge < -0.3 is 9.47 Å². The maximum Gasteiger partial charge on any atom is 0.232 e. The minimum atomic E-state index is -0.272. The number of hydrogen-bond donors (Lipinski definition) is 0. The Morgan fingerprint density at radius 3 is 2.25 bits per heavy atom. The van der Waals surface area contributed by atoms with Crippen LogP contribution in [0.2, 0.25) is 0 Å². The van der Waals surface area contributed by atoms with Crippen LogP contribution in [0.3, 0.4) is 0 Å². The molecule has 16 heavy (non-hydrogen) atoms. The summed E-state index contributed by atoms with van der Waals surface area (Å²) in [6.07, 6.45) is 2.95. The van der Waals surface area contributed by atoms with Crippen molar-refractivity contribution in [2.45, 2.75) is 27.7 Å². The molecule has 0 saturated heterocycles. The predicted molar refractivity (Wildman–Crippen MR) is 63.5 cm³/mol. The average molecular weight is 222 g/mol. The van der Waals surface area contributed by atoms with Gasteiger partial charge in [0.1, 0.15) is 5.76 Å². The number of carbonyl (C=O) groups is 1. The van der Waals surface area contributed by atoms with E-state index in [1.807, 2.05) is 13.8 Å². The van der Waals surface area contributed by atoms with E-state index in [9.17, 15) is 4.79 Å². The van der Waals surface area contributed by atoms with Crippen LogP contribution in [0.5, 0.6) is 0 Å². The Labute approximate surface area is 97.1 Å². The summed E-state index contributed by atoms with van der Waals surface area (Å²) < 4.78 is 10.3. The first-order valence-electron chi connectivity index (χ1n) is 5.26. The molecule has 3 heteroatoms. The number of hydrogen-bond acceptors (Lipinski definition) is 3. The Morgan fingerprint density at radius 1 is 1.12 bits per heavy atom. The Bertz CT molecular complexity index is 340. The number of ketones is 1. The topological polar surface area (TPSA) is 35.5 Å². The fraction of sp³-hybridized carbons (Fsp3) is 0.462. The Kier molecular flexibility index (Phi) is 7.70. The van der Waals surface area contributed by atoms with Crippen molar-refractivity contribution < 1.29 is 14.3 Å². The van der Waals surface area contributed by atoms with Crippen molar-refractivity contribution >= 4 is 5.78 Å². The van der Waals surface area contributed by atoms with E-state index in [-0.39, 0.29) is 5.78 Å². The molecule has 88 valence electrons. The average Bonchev–Trinajstić information content (AvgIpc) is 2.18. The molecule has 0 aromatic rings. The van der Waals surface area contributed by atoms with Crippen LogP contribution < -0.4 is 0 Å². The first-order valence-corrected chi connectivity index (χ1v) is 5.26. The zero-order valence-corrected chi connectivity index (χ0v) is 10.3. The molecule has 0 aliphatic rings. The third-order valence-corrected chi connectivity index (χ3v) is 1.55.